The molecular formula is C21H24BrN3O4S. The Morgan fingerprint density at radius 1 is 1.13 bits per heavy atom. The molecule has 9 heteroatoms. The molecule has 2 rings (SSSR count). The standard InChI is InChI=1S/C21H24BrN3O4S/c1-3-27-18-10-16(17(22)11-19(18)29-13-20(26)28-4-2)12-24-25-21(23)30-14-15-8-6-5-7-9-15/h5-12H,3-4,13-14H2,1-2H3,(H2,23,25). The summed E-state index contributed by atoms with van der Waals surface area (Å²) in [6, 6.07) is 13.5. The van der Waals surface area contributed by atoms with E-state index in [0.29, 0.717) is 34.4 Å². The number of hydrogen-bond acceptors (Lipinski definition) is 7. The van der Waals surface area contributed by atoms with Gasteiger partial charge >= 0.3 is 5.97 Å². The molecule has 0 aromatic heterocycles. The number of amidine groups is 1. The molecule has 7 nitrogen and oxygen atoms in total. The number of rotatable bonds is 10. The van der Waals surface area contributed by atoms with Crippen molar-refractivity contribution < 1.29 is 19.0 Å². The molecule has 0 spiro atoms. The van der Waals surface area contributed by atoms with Gasteiger partial charge in [0, 0.05) is 15.8 Å². The van der Waals surface area contributed by atoms with E-state index in [2.05, 4.69) is 26.1 Å². The third kappa shape index (κ3) is 8.08. The number of nitrogens with two attached hydrogens (primary N) is 1. The van der Waals surface area contributed by atoms with E-state index in [0.717, 1.165) is 16.9 Å². The maximum atomic E-state index is 11.5. The smallest absolute Gasteiger partial charge is 0.344 e. The van der Waals surface area contributed by atoms with Crippen molar-refractivity contribution in [2.45, 2.75) is 19.6 Å². The van der Waals surface area contributed by atoms with Gasteiger partial charge in [-0.1, -0.05) is 42.1 Å². The molecular weight excluding hydrogens is 470 g/mol. The molecule has 0 saturated heterocycles. The molecule has 0 fully saturated rings. The van der Waals surface area contributed by atoms with Crippen LogP contribution in [0, 0.1) is 0 Å². The molecule has 0 unspecified atom stereocenters. The summed E-state index contributed by atoms with van der Waals surface area (Å²) in [5.74, 6) is 1.19. The van der Waals surface area contributed by atoms with E-state index in [4.69, 9.17) is 19.9 Å². The second-order valence-corrected chi connectivity index (χ2v) is 7.65. The lowest BCUT2D eigenvalue weighted by Gasteiger charge is -2.13. The number of carbonyl (C=O) groups excluding carboxylic acids is 1. The van der Waals surface area contributed by atoms with E-state index in [1.165, 1.54) is 11.8 Å². The van der Waals surface area contributed by atoms with Crippen LogP contribution in [-0.2, 0) is 15.3 Å². The maximum Gasteiger partial charge on any atom is 0.344 e. The quantitative estimate of drug-likeness (QED) is 0.228. The minimum Gasteiger partial charge on any atom is -0.490 e. The number of halogens is 1. The maximum absolute atomic E-state index is 11.5. The number of esters is 1. The topological polar surface area (TPSA) is 95.5 Å². The van der Waals surface area contributed by atoms with Gasteiger partial charge in [0.25, 0.3) is 0 Å². The van der Waals surface area contributed by atoms with E-state index in [1.54, 1.807) is 25.3 Å². The van der Waals surface area contributed by atoms with Crippen molar-refractivity contribution in [1.29, 1.82) is 0 Å². The van der Waals surface area contributed by atoms with Crippen LogP contribution in [0.3, 0.4) is 0 Å². The van der Waals surface area contributed by atoms with Gasteiger partial charge in [-0.15, -0.1) is 5.10 Å². The van der Waals surface area contributed by atoms with Crippen molar-refractivity contribution in [1.82, 2.24) is 0 Å². The van der Waals surface area contributed by atoms with Crippen LogP contribution in [0.4, 0.5) is 0 Å². The molecule has 0 atom stereocenters. The Hall–Kier alpha value is -2.52. The lowest BCUT2D eigenvalue weighted by Crippen LogP contribution is -2.15. The van der Waals surface area contributed by atoms with Gasteiger partial charge in [-0.25, -0.2) is 4.79 Å². The van der Waals surface area contributed by atoms with Crippen LogP contribution in [0.25, 0.3) is 0 Å². The summed E-state index contributed by atoms with van der Waals surface area (Å²) < 4.78 is 16.7. The summed E-state index contributed by atoms with van der Waals surface area (Å²) in [5, 5.41) is 8.45. The average molecular weight is 494 g/mol. The molecule has 0 heterocycles. The fraction of sp³-hybridized carbons (Fsp3) is 0.286. The molecule has 0 amide bonds. The first-order valence-electron chi connectivity index (χ1n) is 9.31. The highest BCUT2D eigenvalue weighted by Gasteiger charge is 2.12. The van der Waals surface area contributed by atoms with Crippen LogP contribution in [0.15, 0.2) is 57.1 Å². The van der Waals surface area contributed by atoms with E-state index in [-0.39, 0.29) is 6.61 Å². The SMILES string of the molecule is CCOC(=O)COc1cc(Br)c(C=NN=C(N)SCc2ccccc2)cc1OCC. The lowest BCUT2D eigenvalue weighted by molar-refractivity contribution is -0.145. The van der Waals surface area contributed by atoms with Gasteiger partial charge in [-0.2, -0.15) is 5.10 Å². The lowest BCUT2D eigenvalue weighted by atomic mass is 10.2. The number of hydrogen-bond donors (Lipinski definition) is 1. The van der Waals surface area contributed by atoms with Crippen LogP contribution in [0.2, 0.25) is 0 Å². The highest BCUT2D eigenvalue weighted by molar-refractivity contribution is 9.10. The Labute approximate surface area is 188 Å². The van der Waals surface area contributed by atoms with Crippen molar-refractivity contribution in [3.8, 4) is 11.5 Å². The van der Waals surface area contributed by atoms with Crippen molar-refractivity contribution in [2.75, 3.05) is 19.8 Å². The first-order valence-corrected chi connectivity index (χ1v) is 11.1. The minimum atomic E-state index is -0.445. The number of thioether (sulfide) groups is 1. The summed E-state index contributed by atoms with van der Waals surface area (Å²) in [6.07, 6.45) is 1.57. The molecule has 0 aliphatic heterocycles. The molecule has 30 heavy (non-hydrogen) atoms. The van der Waals surface area contributed by atoms with E-state index < -0.39 is 5.97 Å². The molecule has 2 aromatic rings. The van der Waals surface area contributed by atoms with Crippen LogP contribution in [0.1, 0.15) is 25.0 Å². The Balaban J connectivity index is 2.04. The zero-order valence-electron chi connectivity index (χ0n) is 16.8. The average Bonchev–Trinajstić information content (AvgIpc) is 2.74. The highest BCUT2D eigenvalue weighted by Crippen LogP contribution is 2.33. The summed E-state index contributed by atoms with van der Waals surface area (Å²) in [5.41, 5.74) is 7.80. The second kappa shape index (κ2) is 12.9. The van der Waals surface area contributed by atoms with Crippen molar-refractivity contribution in [3.05, 3.63) is 58.1 Å². The van der Waals surface area contributed by atoms with E-state index >= 15 is 0 Å². The van der Waals surface area contributed by atoms with Gasteiger partial charge in [-0.05, 0) is 47.5 Å². The third-order valence-corrected chi connectivity index (χ3v) is 5.14. The molecule has 0 radical (unpaired) electrons. The fourth-order valence-electron chi connectivity index (χ4n) is 2.28. The molecule has 0 saturated carbocycles. The summed E-state index contributed by atoms with van der Waals surface area (Å²) in [6.45, 7) is 4.14. The predicted molar refractivity (Wildman–Crippen MR) is 124 cm³/mol. The van der Waals surface area contributed by atoms with E-state index in [1.807, 2.05) is 37.3 Å². The van der Waals surface area contributed by atoms with Crippen molar-refractivity contribution in [2.24, 2.45) is 15.9 Å². The number of carbonyl (C=O) groups is 1. The molecule has 160 valence electrons. The third-order valence-electron chi connectivity index (χ3n) is 3.60. The van der Waals surface area contributed by atoms with Crippen molar-refractivity contribution in [3.63, 3.8) is 0 Å². The van der Waals surface area contributed by atoms with Crippen molar-refractivity contribution >= 4 is 45.0 Å². The van der Waals surface area contributed by atoms with Crippen LogP contribution >= 0.6 is 27.7 Å². The fourth-order valence-corrected chi connectivity index (χ4v) is 3.32. The second-order valence-electron chi connectivity index (χ2n) is 5.80. The Morgan fingerprint density at radius 2 is 1.87 bits per heavy atom. The largest absolute Gasteiger partial charge is 0.490 e. The first kappa shape index (κ1) is 23.8. The molecule has 0 aliphatic rings. The zero-order valence-corrected chi connectivity index (χ0v) is 19.2. The zero-order chi connectivity index (χ0) is 21.8. The molecule has 0 aliphatic carbocycles. The number of ether oxygens (including phenoxy) is 3. The monoisotopic (exact) mass is 493 g/mol. The van der Waals surface area contributed by atoms with Gasteiger partial charge in [0.2, 0.25) is 0 Å². The highest BCUT2D eigenvalue weighted by atomic mass is 79.9. The molecule has 0 bridgehead atoms. The Morgan fingerprint density at radius 3 is 2.57 bits per heavy atom. The van der Waals surface area contributed by atoms with Crippen LogP contribution < -0.4 is 15.2 Å². The van der Waals surface area contributed by atoms with Gasteiger partial charge in [0.1, 0.15) is 0 Å². The summed E-state index contributed by atoms with van der Waals surface area (Å²) in [4.78, 5) is 11.5. The Bertz CT molecular complexity index is 891. The predicted octanol–water partition coefficient (Wildman–Crippen LogP) is 4.37. The van der Waals surface area contributed by atoms with Crippen LogP contribution in [0.5, 0.6) is 11.5 Å². The van der Waals surface area contributed by atoms with E-state index in [9.17, 15) is 4.79 Å². The first-order chi connectivity index (χ1) is 14.5. The minimum absolute atomic E-state index is 0.201. The Kier molecular flexibility index (Phi) is 10.2. The van der Waals surface area contributed by atoms with Gasteiger partial charge in [-0.3, -0.25) is 0 Å². The number of benzene rings is 2. The van der Waals surface area contributed by atoms with Gasteiger partial charge in [0.15, 0.2) is 23.3 Å². The summed E-state index contributed by atoms with van der Waals surface area (Å²) >= 11 is 4.88. The van der Waals surface area contributed by atoms with Gasteiger partial charge < -0.3 is 19.9 Å². The summed E-state index contributed by atoms with van der Waals surface area (Å²) in [7, 11) is 0. The number of nitrogens with zero attached hydrogens (tertiary/aromatic N) is 2. The molecule has 2 aromatic carbocycles. The molecule has 2 N–H and O–H groups in total. The van der Waals surface area contributed by atoms with Gasteiger partial charge in [0.05, 0.1) is 19.4 Å². The normalized spacial score (nSPS) is 11.5. The van der Waals surface area contributed by atoms with Crippen LogP contribution in [-0.4, -0.2) is 37.2 Å².